The second-order valence-electron chi connectivity index (χ2n) is 3.42. The number of esters is 1. The molecule has 4 nitrogen and oxygen atoms in total. The maximum absolute atomic E-state index is 11.4. The Morgan fingerprint density at radius 2 is 2.44 bits per heavy atom. The zero-order chi connectivity index (χ0) is 12.1. The van der Waals surface area contributed by atoms with E-state index in [0.717, 1.165) is 4.47 Å². The molecule has 0 saturated heterocycles. The van der Waals surface area contributed by atoms with E-state index in [4.69, 9.17) is 10.5 Å². The minimum Gasteiger partial charge on any atom is -0.468 e. The zero-order valence-corrected chi connectivity index (χ0v) is 11.7. The van der Waals surface area contributed by atoms with Crippen LogP contribution in [-0.4, -0.2) is 37.6 Å². The van der Waals surface area contributed by atoms with E-state index in [1.807, 2.05) is 23.4 Å². The number of methoxy groups -OCH3 is 1. The van der Waals surface area contributed by atoms with Gasteiger partial charge in [-0.05, 0) is 29.0 Å². The lowest BCUT2D eigenvalue weighted by Gasteiger charge is -2.23. The summed E-state index contributed by atoms with van der Waals surface area (Å²) in [5.74, 6) is -0.291. The highest BCUT2D eigenvalue weighted by atomic mass is 79.9. The zero-order valence-electron chi connectivity index (χ0n) is 9.27. The normalized spacial score (nSPS) is 12.8. The molecule has 2 N–H and O–H groups in total. The number of carbonyl (C=O) groups excluding carboxylic acids is 1. The van der Waals surface area contributed by atoms with Gasteiger partial charge in [-0.2, -0.15) is 0 Å². The van der Waals surface area contributed by atoms with Gasteiger partial charge in [-0.3, -0.25) is 9.69 Å². The second-order valence-corrected chi connectivity index (χ2v) is 5.33. The smallest absolute Gasteiger partial charge is 0.324 e. The molecule has 1 unspecified atom stereocenters. The second kappa shape index (κ2) is 6.34. The number of rotatable bonds is 5. The van der Waals surface area contributed by atoms with Crippen LogP contribution in [0.15, 0.2) is 15.9 Å². The van der Waals surface area contributed by atoms with Crippen molar-refractivity contribution in [2.24, 2.45) is 5.73 Å². The van der Waals surface area contributed by atoms with E-state index in [1.165, 1.54) is 12.0 Å². The van der Waals surface area contributed by atoms with Crippen molar-refractivity contribution in [2.45, 2.75) is 12.6 Å². The van der Waals surface area contributed by atoms with Crippen molar-refractivity contribution in [1.29, 1.82) is 0 Å². The topological polar surface area (TPSA) is 55.6 Å². The van der Waals surface area contributed by atoms with E-state index in [1.54, 1.807) is 11.3 Å². The highest BCUT2D eigenvalue weighted by Gasteiger charge is 2.22. The highest BCUT2D eigenvalue weighted by molar-refractivity contribution is 9.10. The number of thiophene rings is 1. The van der Waals surface area contributed by atoms with Crippen LogP contribution in [-0.2, 0) is 16.1 Å². The summed E-state index contributed by atoms with van der Waals surface area (Å²) in [5.41, 5.74) is 5.56. The molecule has 1 aromatic rings. The molecule has 0 fully saturated rings. The summed E-state index contributed by atoms with van der Waals surface area (Å²) in [5, 5.41) is 2.01. The van der Waals surface area contributed by atoms with E-state index in [2.05, 4.69) is 15.9 Å². The Labute approximate surface area is 108 Å². The molecule has 0 bridgehead atoms. The fourth-order valence-corrected chi connectivity index (χ4v) is 2.90. The molecular weight excluding hydrogens is 292 g/mol. The average molecular weight is 307 g/mol. The van der Waals surface area contributed by atoms with Crippen LogP contribution in [0.4, 0.5) is 0 Å². The first-order chi connectivity index (χ1) is 7.58. The van der Waals surface area contributed by atoms with Gasteiger partial charge in [0.25, 0.3) is 0 Å². The molecule has 1 aromatic heterocycles. The molecule has 0 saturated carbocycles. The highest BCUT2D eigenvalue weighted by Crippen LogP contribution is 2.21. The van der Waals surface area contributed by atoms with Gasteiger partial charge in [0.1, 0.15) is 6.04 Å². The van der Waals surface area contributed by atoms with Crippen LogP contribution in [0.1, 0.15) is 4.88 Å². The Hall–Kier alpha value is -0.430. The molecule has 0 aliphatic carbocycles. The standard InChI is InChI=1S/C10H15BrN2O2S/c1-13(9(4-12)10(14)15-2)5-8-3-7(11)6-16-8/h3,6,9H,4-5,12H2,1-2H3. The van der Waals surface area contributed by atoms with Crippen molar-refractivity contribution in [1.82, 2.24) is 4.90 Å². The van der Waals surface area contributed by atoms with Gasteiger partial charge in [-0.1, -0.05) is 0 Å². The van der Waals surface area contributed by atoms with Gasteiger partial charge in [0, 0.05) is 27.8 Å². The summed E-state index contributed by atoms with van der Waals surface area (Å²) in [6.07, 6.45) is 0. The molecule has 1 atom stereocenters. The summed E-state index contributed by atoms with van der Waals surface area (Å²) in [4.78, 5) is 14.5. The lowest BCUT2D eigenvalue weighted by molar-refractivity contribution is -0.146. The summed E-state index contributed by atoms with van der Waals surface area (Å²) in [6.45, 7) is 0.947. The number of ether oxygens (including phenoxy) is 1. The third kappa shape index (κ3) is 3.55. The van der Waals surface area contributed by atoms with Crippen molar-refractivity contribution in [3.63, 3.8) is 0 Å². The Kier molecular flexibility index (Phi) is 5.40. The SMILES string of the molecule is COC(=O)C(CN)N(C)Cc1cc(Br)cs1. The summed E-state index contributed by atoms with van der Waals surface area (Å²) < 4.78 is 5.76. The lowest BCUT2D eigenvalue weighted by Crippen LogP contribution is -2.44. The van der Waals surface area contributed by atoms with Crippen molar-refractivity contribution in [3.05, 3.63) is 20.8 Å². The molecular formula is C10H15BrN2O2S. The van der Waals surface area contributed by atoms with Crippen LogP contribution in [0.5, 0.6) is 0 Å². The number of nitrogens with two attached hydrogens (primary N) is 1. The first kappa shape index (κ1) is 13.6. The van der Waals surface area contributed by atoms with E-state index in [0.29, 0.717) is 6.54 Å². The number of halogens is 1. The molecule has 6 heteroatoms. The monoisotopic (exact) mass is 306 g/mol. The van der Waals surface area contributed by atoms with E-state index in [9.17, 15) is 4.79 Å². The fourth-order valence-electron chi connectivity index (χ4n) is 1.38. The van der Waals surface area contributed by atoms with Gasteiger partial charge in [0.2, 0.25) is 0 Å². The fraction of sp³-hybridized carbons (Fsp3) is 0.500. The Morgan fingerprint density at radius 1 is 1.75 bits per heavy atom. The van der Waals surface area contributed by atoms with E-state index >= 15 is 0 Å². The number of hydrogen-bond donors (Lipinski definition) is 1. The molecule has 1 heterocycles. The molecule has 16 heavy (non-hydrogen) atoms. The molecule has 1 rings (SSSR count). The van der Waals surface area contributed by atoms with Gasteiger partial charge >= 0.3 is 5.97 Å². The van der Waals surface area contributed by atoms with E-state index in [-0.39, 0.29) is 18.6 Å². The number of hydrogen-bond acceptors (Lipinski definition) is 5. The third-order valence-corrected chi connectivity index (χ3v) is 3.94. The molecule has 0 aromatic carbocycles. The van der Waals surface area contributed by atoms with Crippen LogP contribution in [0.3, 0.4) is 0 Å². The molecule has 0 radical (unpaired) electrons. The van der Waals surface area contributed by atoms with Crippen molar-refractivity contribution >= 4 is 33.2 Å². The van der Waals surface area contributed by atoms with Gasteiger partial charge < -0.3 is 10.5 Å². The quantitative estimate of drug-likeness (QED) is 0.837. The van der Waals surface area contributed by atoms with Crippen molar-refractivity contribution < 1.29 is 9.53 Å². The molecule has 0 aliphatic rings. The summed E-state index contributed by atoms with van der Waals surface area (Å²) in [7, 11) is 3.24. The van der Waals surface area contributed by atoms with Gasteiger partial charge in [0.15, 0.2) is 0 Å². The summed E-state index contributed by atoms with van der Waals surface area (Å²) in [6, 6.07) is 1.65. The Bertz CT molecular complexity index is 356. The molecule has 0 aliphatic heterocycles. The minimum absolute atomic E-state index is 0.260. The number of nitrogens with zero attached hydrogens (tertiary/aromatic N) is 1. The number of carbonyl (C=O) groups is 1. The van der Waals surface area contributed by atoms with Gasteiger partial charge in [-0.25, -0.2) is 0 Å². The van der Waals surface area contributed by atoms with Crippen molar-refractivity contribution in [3.8, 4) is 0 Å². The minimum atomic E-state index is -0.383. The van der Waals surface area contributed by atoms with Crippen LogP contribution in [0, 0.1) is 0 Å². The van der Waals surface area contributed by atoms with Crippen LogP contribution in [0.2, 0.25) is 0 Å². The average Bonchev–Trinajstić information content (AvgIpc) is 2.64. The number of likely N-dealkylation sites (N-methyl/N-ethyl adjacent to an activating group) is 1. The van der Waals surface area contributed by atoms with Crippen LogP contribution in [0.25, 0.3) is 0 Å². The Morgan fingerprint density at radius 3 is 2.88 bits per heavy atom. The predicted octanol–water partition coefficient (Wildman–Crippen LogP) is 1.44. The molecule has 0 amide bonds. The predicted molar refractivity (Wildman–Crippen MR) is 68.3 cm³/mol. The maximum atomic E-state index is 11.4. The van der Waals surface area contributed by atoms with Crippen LogP contribution >= 0.6 is 27.3 Å². The largest absolute Gasteiger partial charge is 0.468 e. The lowest BCUT2D eigenvalue weighted by atomic mass is 10.2. The summed E-state index contributed by atoms with van der Waals surface area (Å²) >= 11 is 5.04. The first-order valence-electron chi connectivity index (χ1n) is 4.79. The Balaban J connectivity index is 2.62. The van der Waals surface area contributed by atoms with Gasteiger partial charge in [-0.15, -0.1) is 11.3 Å². The molecule has 90 valence electrons. The first-order valence-corrected chi connectivity index (χ1v) is 6.46. The maximum Gasteiger partial charge on any atom is 0.324 e. The van der Waals surface area contributed by atoms with Crippen LogP contribution < -0.4 is 5.73 Å². The third-order valence-electron chi connectivity index (χ3n) is 2.26. The van der Waals surface area contributed by atoms with Crippen molar-refractivity contribution in [2.75, 3.05) is 20.7 Å². The van der Waals surface area contributed by atoms with Gasteiger partial charge in [0.05, 0.1) is 7.11 Å². The van der Waals surface area contributed by atoms with E-state index < -0.39 is 0 Å². The molecule has 0 spiro atoms.